The van der Waals surface area contributed by atoms with Crippen LogP contribution in [-0.4, -0.2) is 91.9 Å². The van der Waals surface area contributed by atoms with Crippen LogP contribution in [0.25, 0.3) is 0 Å². The predicted molar refractivity (Wildman–Crippen MR) is 175 cm³/mol. The van der Waals surface area contributed by atoms with Crippen LogP contribution in [0.3, 0.4) is 0 Å². The lowest BCUT2D eigenvalue weighted by atomic mass is 9.95. The number of halogens is 2. The maximum atomic E-state index is 7.71. The maximum absolute atomic E-state index is 7.71. The first-order valence-corrected chi connectivity index (χ1v) is 24.6. The van der Waals surface area contributed by atoms with Crippen LogP contribution in [0.2, 0.25) is 31.7 Å². The Bertz CT molecular complexity index is 619. The summed E-state index contributed by atoms with van der Waals surface area (Å²) in [6, 6.07) is 12.3. The van der Waals surface area contributed by atoms with Gasteiger partial charge >= 0.3 is 17.6 Å². The minimum Gasteiger partial charge on any atom is -0.438 e. The minimum atomic E-state index is -2.36. The molecule has 0 aliphatic carbocycles. The summed E-state index contributed by atoms with van der Waals surface area (Å²) >= 11 is 11.7. The predicted octanol–water partition coefficient (Wildman–Crippen LogP) is 4.45. The van der Waals surface area contributed by atoms with Gasteiger partial charge in [-0.1, -0.05) is 62.8 Å². The van der Waals surface area contributed by atoms with Crippen molar-refractivity contribution in [2.24, 2.45) is 0 Å². The van der Waals surface area contributed by atoms with Crippen molar-refractivity contribution < 1.29 is 30.7 Å². The third-order valence-corrected chi connectivity index (χ3v) is 16.7. The zero-order chi connectivity index (χ0) is 29.1. The zero-order valence-electron chi connectivity index (χ0n) is 24.8. The SMILES string of the molecule is CO[Si](CCCCCC(CCl)c1ccccc1)(OC)O[SiH2]C.CO[Si](CCCCCl)(OC)O[SiH2]C.C[SiH2]O. The Kier molecular flexibility index (Phi) is 29.8. The second-order valence-electron chi connectivity index (χ2n) is 8.37. The largest absolute Gasteiger partial charge is 0.489 e. The molecule has 226 valence electrons. The summed E-state index contributed by atoms with van der Waals surface area (Å²) in [5.74, 6) is 1.83. The molecule has 1 rings (SSSR count). The molecule has 0 saturated heterocycles. The van der Waals surface area contributed by atoms with Crippen molar-refractivity contribution in [1.29, 1.82) is 0 Å². The second kappa shape index (κ2) is 27.8. The van der Waals surface area contributed by atoms with E-state index in [4.69, 9.17) is 53.9 Å². The quantitative estimate of drug-likeness (QED) is 0.125. The monoisotopic (exact) mass is 664 g/mol. The number of unbranched alkanes of at least 4 members (excludes halogenated alkanes) is 3. The zero-order valence-corrected chi connectivity index (χ0v) is 32.6. The van der Waals surface area contributed by atoms with E-state index in [1.807, 2.05) is 12.6 Å². The Labute approximate surface area is 252 Å². The number of hydrogen-bond acceptors (Lipinski definition) is 7. The summed E-state index contributed by atoms with van der Waals surface area (Å²) in [6.45, 7) is 6.02. The molecule has 0 heterocycles. The first-order valence-electron chi connectivity index (χ1n) is 13.6. The van der Waals surface area contributed by atoms with Crippen LogP contribution in [0.15, 0.2) is 30.3 Å². The fourth-order valence-electron chi connectivity index (χ4n) is 3.80. The highest BCUT2D eigenvalue weighted by atomic mass is 35.5. The molecule has 1 unspecified atom stereocenters. The van der Waals surface area contributed by atoms with E-state index in [0.717, 1.165) is 44.2 Å². The Morgan fingerprint density at radius 1 is 0.737 bits per heavy atom. The van der Waals surface area contributed by atoms with Crippen molar-refractivity contribution in [2.75, 3.05) is 40.2 Å². The van der Waals surface area contributed by atoms with Gasteiger partial charge in [-0.3, -0.25) is 0 Å². The van der Waals surface area contributed by atoms with Gasteiger partial charge in [0.15, 0.2) is 9.76 Å². The molecule has 0 spiro atoms. The number of rotatable bonds is 20. The fourth-order valence-corrected chi connectivity index (χ4v) is 13.4. The van der Waals surface area contributed by atoms with Crippen molar-refractivity contribution in [3.8, 4) is 0 Å². The van der Waals surface area contributed by atoms with E-state index < -0.39 is 46.9 Å². The van der Waals surface area contributed by atoms with Gasteiger partial charge in [-0.25, -0.2) is 0 Å². The van der Waals surface area contributed by atoms with Crippen LogP contribution in [0.1, 0.15) is 50.0 Å². The molecule has 0 aliphatic heterocycles. The Morgan fingerprint density at radius 2 is 1.18 bits per heavy atom. The highest BCUT2D eigenvalue weighted by molar-refractivity contribution is 6.66. The van der Waals surface area contributed by atoms with E-state index in [1.54, 1.807) is 28.4 Å². The summed E-state index contributed by atoms with van der Waals surface area (Å²) in [7, 11) is 0.554. The summed E-state index contributed by atoms with van der Waals surface area (Å²) in [4.78, 5) is 7.71. The molecule has 0 fully saturated rings. The van der Waals surface area contributed by atoms with Gasteiger partial charge in [0, 0.05) is 52.3 Å². The molecule has 1 aromatic carbocycles. The molecule has 1 aromatic rings. The third kappa shape index (κ3) is 18.9. The summed E-state index contributed by atoms with van der Waals surface area (Å²) < 4.78 is 33.4. The molecule has 1 atom stereocenters. The fraction of sp³-hybridized carbons (Fsp3) is 0.750. The highest BCUT2D eigenvalue weighted by Gasteiger charge is 2.37. The van der Waals surface area contributed by atoms with Gasteiger partial charge in [0.05, 0.1) is 0 Å². The van der Waals surface area contributed by atoms with Crippen molar-refractivity contribution in [1.82, 2.24) is 0 Å². The van der Waals surface area contributed by atoms with E-state index in [9.17, 15) is 0 Å². The molecule has 7 nitrogen and oxygen atoms in total. The van der Waals surface area contributed by atoms with Crippen molar-refractivity contribution in [3.05, 3.63) is 35.9 Å². The van der Waals surface area contributed by atoms with Gasteiger partial charge in [0.25, 0.3) is 0 Å². The van der Waals surface area contributed by atoms with Gasteiger partial charge in [0.1, 0.15) is 19.5 Å². The van der Waals surface area contributed by atoms with Crippen LogP contribution in [-0.2, 0) is 25.9 Å². The van der Waals surface area contributed by atoms with Crippen LogP contribution in [0, 0.1) is 0 Å². The molecule has 0 bridgehead atoms. The van der Waals surface area contributed by atoms with Crippen LogP contribution in [0.4, 0.5) is 0 Å². The van der Waals surface area contributed by atoms with Crippen molar-refractivity contribution in [2.45, 2.75) is 76.2 Å². The van der Waals surface area contributed by atoms with E-state index >= 15 is 0 Å². The number of benzene rings is 1. The summed E-state index contributed by atoms with van der Waals surface area (Å²) in [5.41, 5.74) is 1.34. The molecule has 0 aromatic heterocycles. The first-order chi connectivity index (χ1) is 18.4. The number of hydrogen-bond donors (Lipinski definition) is 1. The highest BCUT2D eigenvalue weighted by Crippen LogP contribution is 2.25. The molecule has 0 saturated carbocycles. The van der Waals surface area contributed by atoms with Crippen molar-refractivity contribution >= 4 is 70.1 Å². The molecule has 1 N–H and O–H groups in total. The molecule has 0 aliphatic rings. The van der Waals surface area contributed by atoms with Gasteiger partial charge in [-0.2, -0.15) is 0 Å². The molecule has 0 amide bonds. The Hall–Kier alpha value is 0.604. The van der Waals surface area contributed by atoms with Gasteiger partial charge in [-0.05, 0) is 37.2 Å². The average molecular weight is 666 g/mol. The standard InChI is InChI=1S/C16H29ClO3Si2.C7H19ClO3Si2.CH6OSi/c1-18-22(19-2,20-21-3)13-9-5-8-12-16(14-17)15-10-6-4-7-11-15;1-9-13(10-2,11-12-3)7-5-4-6-8;1-3-2/h4,6-7,10-11,16H,5,8-9,12-14,21H2,1-3H3;4-7,12H2,1-3H3;2H,3H2,1H3. The van der Waals surface area contributed by atoms with Crippen LogP contribution >= 0.6 is 23.2 Å². The Morgan fingerprint density at radius 3 is 1.55 bits per heavy atom. The lowest BCUT2D eigenvalue weighted by molar-refractivity contribution is 0.162. The number of alkyl halides is 2. The molecule has 0 radical (unpaired) electrons. The van der Waals surface area contributed by atoms with Gasteiger partial charge < -0.3 is 30.7 Å². The van der Waals surface area contributed by atoms with E-state index in [-0.39, 0.29) is 0 Å². The van der Waals surface area contributed by atoms with Gasteiger partial charge in [0.2, 0.25) is 0 Å². The smallest absolute Gasteiger partial charge is 0.438 e. The van der Waals surface area contributed by atoms with E-state index in [2.05, 4.69) is 37.4 Å². The third-order valence-electron chi connectivity index (χ3n) is 5.83. The molecular formula is C24H54Cl2O7Si5. The minimum absolute atomic E-state index is 0.453. The molecule has 38 heavy (non-hydrogen) atoms. The summed E-state index contributed by atoms with van der Waals surface area (Å²) in [5, 5.41) is 0. The van der Waals surface area contributed by atoms with Crippen molar-refractivity contribution in [3.63, 3.8) is 0 Å². The molecule has 14 heteroatoms. The Balaban J connectivity index is 0. The lowest BCUT2D eigenvalue weighted by Gasteiger charge is -2.26. The summed E-state index contributed by atoms with van der Waals surface area (Å²) in [6.07, 6.45) is 6.57. The van der Waals surface area contributed by atoms with Gasteiger partial charge in [-0.15, -0.1) is 23.2 Å². The van der Waals surface area contributed by atoms with Crippen LogP contribution in [0.5, 0.6) is 0 Å². The second-order valence-corrected chi connectivity index (χ2v) is 18.5. The normalized spacial score (nSPS) is 13.2. The maximum Gasteiger partial charge on any atom is 0.489 e. The average Bonchev–Trinajstić information content (AvgIpc) is 2.95. The topological polar surface area (TPSA) is 75.6 Å². The van der Waals surface area contributed by atoms with Crippen LogP contribution < -0.4 is 0 Å². The van der Waals surface area contributed by atoms with E-state index in [1.165, 1.54) is 12.0 Å². The van der Waals surface area contributed by atoms with E-state index in [0.29, 0.717) is 17.7 Å². The first kappa shape index (κ1) is 40.7. The lowest BCUT2D eigenvalue weighted by Crippen LogP contribution is -2.44. The molecular weight excluding hydrogens is 612 g/mol.